The van der Waals surface area contributed by atoms with Crippen molar-refractivity contribution >= 4 is 0 Å². The van der Waals surface area contributed by atoms with E-state index in [2.05, 4.69) is 4.98 Å². The van der Waals surface area contributed by atoms with Crippen LogP contribution in [0.25, 0.3) is 0 Å². The molecule has 12 heavy (non-hydrogen) atoms. The van der Waals surface area contributed by atoms with Gasteiger partial charge in [0, 0.05) is 6.20 Å². The van der Waals surface area contributed by atoms with Crippen molar-refractivity contribution in [1.82, 2.24) is 4.98 Å². The van der Waals surface area contributed by atoms with E-state index in [9.17, 15) is 4.39 Å². The summed E-state index contributed by atoms with van der Waals surface area (Å²) in [5, 5.41) is 0. The normalized spacial score (nSPS) is 10.4. The average molecular weight is 169 g/mol. The van der Waals surface area contributed by atoms with Gasteiger partial charge in [0.15, 0.2) is 0 Å². The molecule has 0 radical (unpaired) electrons. The quantitative estimate of drug-likeness (QED) is 0.678. The molecule has 0 amide bonds. The van der Waals surface area contributed by atoms with Gasteiger partial charge >= 0.3 is 0 Å². The predicted molar refractivity (Wildman–Crippen MR) is 44.8 cm³/mol. The average Bonchev–Trinajstić information content (AvgIpc) is 2.03. The fourth-order valence-corrected chi connectivity index (χ4v) is 1.12. The van der Waals surface area contributed by atoms with Gasteiger partial charge in [0.2, 0.25) is 5.88 Å². The Morgan fingerprint density at radius 2 is 2.17 bits per heavy atom. The Kier molecular flexibility index (Phi) is 2.63. The highest BCUT2D eigenvalue weighted by molar-refractivity contribution is 5.29. The first kappa shape index (κ1) is 8.97. The molecule has 1 rings (SSSR count). The third-order valence-corrected chi connectivity index (χ3v) is 1.67. The van der Waals surface area contributed by atoms with E-state index in [0.717, 1.165) is 0 Å². The predicted octanol–water partition coefficient (Wildman–Crippen LogP) is 2.35. The van der Waals surface area contributed by atoms with Gasteiger partial charge in [-0.15, -0.1) is 0 Å². The molecular weight excluding hydrogens is 157 g/mol. The summed E-state index contributed by atoms with van der Waals surface area (Å²) < 4.78 is 18.1. The van der Waals surface area contributed by atoms with E-state index >= 15 is 0 Å². The van der Waals surface area contributed by atoms with Gasteiger partial charge in [-0.2, -0.15) is 0 Å². The zero-order valence-corrected chi connectivity index (χ0v) is 7.47. The molecule has 0 saturated carbocycles. The van der Waals surface area contributed by atoms with Crippen molar-refractivity contribution in [2.45, 2.75) is 19.8 Å². The Labute approximate surface area is 71.4 Å². The van der Waals surface area contributed by atoms with Crippen molar-refractivity contribution in [3.63, 3.8) is 0 Å². The highest BCUT2D eigenvalue weighted by Crippen LogP contribution is 2.25. The van der Waals surface area contributed by atoms with Crippen LogP contribution in [0.1, 0.15) is 25.3 Å². The SMILES string of the molecule is COc1nccc(F)c1C(C)C. The molecule has 1 heterocycles. The lowest BCUT2D eigenvalue weighted by molar-refractivity contribution is 0.384. The van der Waals surface area contributed by atoms with Gasteiger partial charge in [0.1, 0.15) is 5.82 Å². The van der Waals surface area contributed by atoms with Crippen LogP contribution in [0, 0.1) is 5.82 Å². The number of hydrogen-bond acceptors (Lipinski definition) is 2. The lowest BCUT2D eigenvalue weighted by atomic mass is 10.0. The minimum atomic E-state index is -0.253. The molecule has 2 nitrogen and oxygen atoms in total. The molecule has 0 aromatic carbocycles. The maximum absolute atomic E-state index is 13.2. The van der Waals surface area contributed by atoms with E-state index in [0.29, 0.717) is 11.4 Å². The van der Waals surface area contributed by atoms with E-state index < -0.39 is 0 Å². The van der Waals surface area contributed by atoms with Gasteiger partial charge in [-0.1, -0.05) is 13.8 Å². The van der Waals surface area contributed by atoms with E-state index in [1.54, 1.807) is 0 Å². The van der Waals surface area contributed by atoms with Crippen molar-refractivity contribution in [3.8, 4) is 5.88 Å². The Morgan fingerprint density at radius 1 is 1.50 bits per heavy atom. The zero-order valence-electron chi connectivity index (χ0n) is 7.47. The van der Waals surface area contributed by atoms with Crippen LogP contribution in [-0.4, -0.2) is 12.1 Å². The van der Waals surface area contributed by atoms with Gasteiger partial charge < -0.3 is 4.74 Å². The lowest BCUT2D eigenvalue weighted by Crippen LogP contribution is -1.99. The molecule has 0 bridgehead atoms. The highest BCUT2D eigenvalue weighted by Gasteiger charge is 2.13. The van der Waals surface area contributed by atoms with Crippen LogP contribution >= 0.6 is 0 Å². The first-order chi connectivity index (χ1) is 5.66. The van der Waals surface area contributed by atoms with Gasteiger partial charge in [0.25, 0.3) is 0 Å². The van der Waals surface area contributed by atoms with Crippen LogP contribution in [0.3, 0.4) is 0 Å². The number of halogens is 1. The number of aromatic nitrogens is 1. The molecule has 0 saturated heterocycles. The fraction of sp³-hybridized carbons (Fsp3) is 0.444. The van der Waals surface area contributed by atoms with Gasteiger partial charge in [-0.25, -0.2) is 9.37 Å². The maximum Gasteiger partial charge on any atom is 0.219 e. The molecule has 0 unspecified atom stereocenters. The summed E-state index contributed by atoms with van der Waals surface area (Å²) >= 11 is 0. The lowest BCUT2D eigenvalue weighted by Gasteiger charge is -2.10. The molecule has 0 spiro atoms. The standard InChI is InChI=1S/C9H12FNO/c1-6(2)8-7(10)4-5-11-9(8)12-3/h4-6H,1-3H3. The first-order valence-electron chi connectivity index (χ1n) is 3.85. The maximum atomic E-state index is 13.2. The van der Waals surface area contributed by atoms with Crippen LogP contribution in [0.4, 0.5) is 4.39 Å². The third-order valence-electron chi connectivity index (χ3n) is 1.67. The van der Waals surface area contributed by atoms with Crippen LogP contribution < -0.4 is 4.74 Å². The molecule has 0 N–H and O–H groups in total. The monoisotopic (exact) mass is 169 g/mol. The number of hydrogen-bond donors (Lipinski definition) is 0. The van der Waals surface area contributed by atoms with E-state index in [4.69, 9.17) is 4.74 Å². The fourth-order valence-electron chi connectivity index (χ4n) is 1.12. The number of nitrogens with zero attached hydrogens (tertiary/aromatic N) is 1. The summed E-state index contributed by atoms with van der Waals surface area (Å²) in [6, 6.07) is 1.35. The summed E-state index contributed by atoms with van der Waals surface area (Å²) in [5.41, 5.74) is 0.542. The second-order valence-corrected chi connectivity index (χ2v) is 2.87. The minimum absolute atomic E-state index is 0.0913. The molecule has 1 aromatic rings. The smallest absolute Gasteiger partial charge is 0.219 e. The van der Waals surface area contributed by atoms with E-state index in [1.165, 1.54) is 19.4 Å². The van der Waals surface area contributed by atoms with Gasteiger partial charge in [-0.3, -0.25) is 0 Å². The summed E-state index contributed by atoms with van der Waals surface area (Å²) in [6.07, 6.45) is 1.40. The van der Waals surface area contributed by atoms with E-state index in [-0.39, 0.29) is 11.7 Å². The molecule has 0 aliphatic carbocycles. The summed E-state index contributed by atoms with van der Waals surface area (Å²) in [7, 11) is 1.49. The number of pyridine rings is 1. The minimum Gasteiger partial charge on any atom is -0.481 e. The van der Waals surface area contributed by atoms with Gasteiger partial charge in [-0.05, 0) is 12.0 Å². The third kappa shape index (κ3) is 1.55. The summed E-state index contributed by atoms with van der Waals surface area (Å²) in [6.45, 7) is 3.81. The molecule has 0 fully saturated rings. The van der Waals surface area contributed by atoms with Crippen LogP contribution in [0.2, 0.25) is 0 Å². The second-order valence-electron chi connectivity index (χ2n) is 2.87. The zero-order chi connectivity index (χ0) is 9.14. The molecular formula is C9H12FNO. The molecule has 0 aliphatic heterocycles. The molecule has 0 aliphatic rings. The molecule has 66 valence electrons. The molecule has 3 heteroatoms. The largest absolute Gasteiger partial charge is 0.481 e. The molecule has 0 atom stereocenters. The second kappa shape index (κ2) is 3.52. The Balaban J connectivity index is 3.20. The number of ether oxygens (including phenoxy) is 1. The molecule has 1 aromatic heterocycles. The Hall–Kier alpha value is -1.12. The van der Waals surface area contributed by atoms with Crippen molar-refractivity contribution in [2.75, 3.05) is 7.11 Å². The van der Waals surface area contributed by atoms with Gasteiger partial charge in [0.05, 0.1) is 12.7 Å². The van der Waals surface area contributed by atoms with Crippen molar-refractivity contribution < 1.29 is 9.13 Å². The van der Waals surface area contributed by atoms with Crippen LogP contribution in [0.5, 0.6) is 5.88 Å². The first-order valence-corrected chi connectivity index (χ1v) is 3.85. The highest BCUT2D eigenvalue weighted by atomic mass is 19.1. The van der Waals surface area contributed by atoms with Crippen molar-refractivity contribution in [2.24, 2.45) is 0 Å². The summed E-state index contributed by atoms with van der Waals surface area (Å²) in [4.78, 5) is 3.92. The van der Waals surface area contributed by atoms with Crippen molar-refractivity contribution in [1.29, 1.82) is 0 Å². The Bertz CT molecular complexity index is 273. The Morgan fingerprint density at radius 3 is 2.58 bits per heavy atom. The van der Waals surface area contributed by atoms with E-state index in [1.807, 2.05) is 13.8 Å². The number of rotatable bonds is 2. The summed E-state index contributed by atoms with van der Waals surface area (Å²) in [5.74, 6) is 0.218. The topological polar surface area (TPSA) is 22.1 Å². The van der Waals surface area contributed by atoms with Crippen molar-refractivity contribution in [3.05, 3.63) is 23.6 Å². The number of methoxy groups -OCH3 is 1. The van der Waals surface area contributed by atoms with Crippen LogP contribution in [-0.2, 0) is 0 Å². The van der Waals surface area contributed by atoms with Crippen LogP contribution in [0.15, 0.2) is 12.3 Å².